The SMILES string of the molecule is CCCC(c1nc2ccc(N3CCC(c4ccc(OC)cc4)(N(C)C)CC3)cc2c(=O)n1CC)N1CCNCC1. The molecule has 216 valence electrons. The summed E-state index contributed by atoms with van der Waals surface area (Å²) in [7, 11) is 6.07. The molecule has 0 spiro atoms. The third-order valence-corrected chi connectivity index (χ3v) is 9.18. The standard InChI is InChI=1S/C32H46N6O2/c1-6-8-29(37-21-17-33-18-22-37)30-34-28-14-11-25(23-27(28)31(39)38(30)7-2)36-19-15-32(16-20-36,35(3)4)24-9-12-26(40-5)13-10-24/h9-14,23,29,33H,6-8,15-22H2,1-5H3. The number of ether oxygens (including phenoxy) is 1. The van der Waals surface area contributed by atoms with Crippen molar-refractivity contribution in [1.29, 1.82) is 0 Å². The van der Waals surface area contributed by atoms with Crippen molar-refractivity contribution in [3.63, 3.8) is 0 Å². The Labute approximate surface area is 238 Å². The maximum atomic E-state index is 13.9. The second-order valence-corrected chi connectivity index (χ2v) is 11.5. The molecule has 2 saturated heterocycles. The molecule has 0 radical (unpaired) electrons. The van der Waals surface area contributed by atoms with E-state index in [0.717, 1.165) is 93.1 Å². The van der Waals surface area contributed by atoms with Gasteiger partial charge in [0.05, 0.1) is 24.1 Å². The number of piperazine rings is 1. The van der Waals surface area contributed by atoms with Gasteiger partial charge in [-0.2, -0.15) is 0 Å². The predicted octanol–water partition coefficient (Wildman–Crippen LogP) is 4.23. The number of aromatic nitrogens is 2. The average molecular weight is 547 g/mol. The van der Waals surface area contributed by atoms with Crippen LogP contribution in [0.5, 0.6) is 5.75 Å². The van der Waals surface area contributed by atoms with Crippen LogP contribution in [0.2, 0.25) is 0 Å². The lowest BCUT2D eigenvalue weighted by atomic mass is 9.79. The van der Waals surface area contributed by atoms with Crippen LogP contribution in [-0.4, -0.2) is 79.8 Å². The van der Waals surface area contributed by atoms with Crippen LogP contribution >= 0.6 is 0 Å². The van der Waals surface area contributed by atoms with Crippen molar-refractivity contribution in [2.45, 2.75) is 57.7 Å². The maximum absolute atomic E-state index is 13.9. The fourth-order valence-corrected chi connectivity index (χ4v) is 6.76. The molecular formula is C32H46N6O2. The average Bonchev–Trinajstić information content (AvgIpc) is 3.00. The van der Waals surface area contributed by atoms with Gasteiger partial charge in [0.2, 0.25) is 0 Å². The van der Waals surface area contributed by atoms with Crippen LogP contribution in [0.25, 0.3) is 10.9 Å². The Bertz CT molecular complexity index is 1340. The molecule has 2 aromatic carbocycles. The molecule has 1 atom stereocenters. The third kappa shape index (κ3) is 5.37. The lowest BCUT2D eigenvalue weighted by Gasteiger charge is -2.47. The molecule has 8 nitrogen and oxygen atoms in total. The van der Waals surface area contributed by atoms with Crippen molar-refractivity contribution in [1.82, 2.24) is 24.7 Å². The van der Waals surface area contributed by atoms with Crippen LogP contribution in [0.4, 0.5) is 5.69 Å². The van der Waals surface area contributed by atoms with Gasteiger partial charge in [0.25, 0.3) is 5.56 Å². The van der Waals surface area contributed by atoms with Crippen LogP contribution in [0.15, 0.2) is 47.3 Å². The highest BCUT2D eigenvalue weighted by Gasteiger charge is 2.38. The number of hydrogen-bond donors (Lipinski definition) is 1. The summed E-state index contributed by atoms with van der Waals surface area (Å²) in [4.78, 5) is 26.3. The number of nitrogens with one attached hydrogen (secondary N) is 1. The molecule has 2 aliphatic rings. The van der Waals surface area contributed by atoms with E-state index in [0.29, 0.717) is 6.54 Å². The van der Waals surface area contributed by atoms with Crippen LogP contribution in [0.1, 0.15) is 57.0 Å². The first kappa shape index (κ1) is 28.6. The number of hydrogen-bond acceptors (Lipinski definition) is 7. The first-order chi connectivity index (χ1) is 19.4. The Morgan fingerprint density at radius 1 is 1.02 bits per heavy atom. The van der Waals surface area contributed by atoms with E-state index >= 15 is 0 Å². The van der Waals surface area contributed by atoms with Crippen molar-refractivity contribution in [3.8, 4) is 5.75 Å². The van der Waals surface area contributed by atoms with Gasteiger partial charge in [-0.05, 0) is 76.2 Å². The van der Waals surface area contributed by atoms with E-state index in [1.165, 1.54) is 5.56 Å². The largest absolute Gasteiger partial charge is 0.497 e. The molecule has 3 heterocycles. The molecule has 0 amide bonds. The zero-order chi connectivity index (χ0) is 28.3. The van der Waals surface area contributed by atoms with E-state index in [-0.39, 0.29) is 17.1 Å². The topological polar surface area (TPSA) is 65.9 Å². The van der Waals surface area contributed by atoms with Crippen molar-refractivity contribution in [2.75, 3.05) is 65.4 Å². The predicted molar refractivity (Wildman–Crippen MR) is 164 cm³/mol. The minimum atomic E-state index is -0.0245. The van der Waals surface area contributed by atoms with Crippen molar-refractivity contribution in [3.05, 3.63) is 64.2 Å². The Morgan fingerprint density at radius 3 is 2.33 bits per heavy atom. The first-order valence-corrected chi connectivity index (χ1v) is 15.0. The van der Waals surface area contributed by atoms with Crippen molar-refractivity contribution in [2.24, 2.45) is 0 Å². The van der Waals surface area contributed by atoms with Gasteiger partial charge in [0.15, 0.2) is 0 Å². The van der Waals surface area contributed by atoms with E-state index in [1.807, 2.05) is 4.57 Å². The monoisotopic (exact) mass is 546 g/mol. The van der Waals surface area contributed by atoms with Gasteiger partial charge in [-0.1, -0.05) is 25.5 Å². The van der Waals surface area contributed by atoms with E-state index in [4.69, 9.17) is 9.72 Å². The summed E-state index contributed by atoms with van der Waals surface area (Å²) in [5.41, 5.74) is 3.30. The summed E-state index contributed by atoms with van der Waals surface area (Å²) in [6.07, 6.45) is 4.07. The number of piperidine rings is 1. The molecule has 8 heteroatoms. The van der Waals surface area contributed by atoms with Gasteiger partial charge in [-0.15, -0.1) is 0 Å². The van der Waals surface area contributed by atoms with E-state index in [9.17, 15) is 4.79 Å². The number of nitrogens with zero attached hydrogens (tertiary/aromatic N) is 5. The minimum absolute atomic E-state index is 0.0245. The Hall–Kier alpha value is -2.94. The van der Waals surface area contributed by atoms with Gasteiger partial charge < -0.3 is 15.0 Å². The molecule has 0 bridgehead atoms. The zero-order valence-corrected chi connectivity index (χ0v) is 24.9. The van der Waals surface area contributed by atoms with Crippen LogP contribution in [-0.2, 0) is 12.1 Å². The molecule has 3 aromatic rings. The van der Waals surface area contributed by atoms with Crippen molar-refractivity contribution >= 4 is 16.6 Å². The zero-order valence-electron chi connectivity index (χ0n) is 24.9. The number of benzene rings is 2. The molecule has 40 heavy (non-hydrogen) atoms. The minimum Gasteiger partial charge on any atom is -0.497 e. The number of methoxy groups -OCH3 is 1. The molecule has 1 aromatic heterocycles. The Kier molecular flexibility index (Phi) is 8.78. The maximum Gasteiger partial charge on any atom is 0.261 e. The molecule has 0 aliphatic carbocycles. The fraction of sp³-hybridized carbons (Fsp3) is 0.562. The Morgan fingerprint density at radius 2 is 1.73 bits per heavy atom. The van der Waals surface area contributed by atoms with E-state index in [2.05, 4.69) is 90.4 Å². The third-order valence-electron chi connectivity index (χ3n) is 9.18. The quantitative estimate of drug-likeness (QED) is 0.431. The van der Waals surface area contributed by atoms with Crippen LogP contribution in [0.3, 0.4) is 0 Å². The smallest absolute Gasteiger partial charge is 0.261 e. The van der Waals surface area contributed by atoms with Crippen LogP contribution in [0, 0.1) is 0 Å². The second kappa shape index (κ2) is 12.3. The summed E-state index contributed by atoms with van der Waals surface area (Å²) in [5, 5.41) is 4.17. The van der Waals surface area contributed by atoms with Gasteiger partial charge in [-0.3, -0.25) is 19.2 Å². The molecule has 1 unspecified atom stereocenters. The summed E-state index contributed by atoms with van der Waals surface area (Å²) in [6.45, 7) is 10.7. The number of anilines is 1. The number of fused-ring (bicyclic) bond motifs is 1. The lowest BCUT2D eigenvalue weighted by Crippen LogP contribution is -2.50. The first-order valence-electron chi connectivity index (χ1n) is 15.0. The Balaban J connectivity index is 1.43. The summed E-state index contributed by atoms with van der Waals surface area (Å²) >= 11 is 0. The van der Waals surface area contributed by atoms with Crippen molar-refractivity contribution < 1.29 is 4.74 Å². The number of rotatable bonds is 9. The van der Waals surface area contributed by atoms with Gasteiger partial charge in [0, 0.05) is 57.0 Å². The lowest BCUT2D eigenvalue weighted by molar-refractivity contribution is 0.115. The molecule has 0 saturated carbocycles. The van der Waals surface area contributed by atoms with E-state index in [1.54, 1.807) is 7.11 Å². The summed E-state index contributed by atoms with van der Waals surface area (Å²) < 4.78 is 7.31. The highest BCUT2D eigenvalue weighted by Crippen LogP contribution is 2.39. The van der Waals surface area contributed by atoms with Gasteiger partial charge >= 0.3 is 0 Å². The van der Waals surface area contributed by atoms with E-state index < -0.39 is 0 Å². The summed E-state index contributed by atoms with van der Waals surface area (Å²) in [5.74, 6) is 1.81. The normalized spacial score (nSPS) is 18.8. The highest BCUT2D eigenvalue weighted by atomic mass is 16.5. The fourth-order valence-electron chi connectivity index (χ4n) is 6.76. The highest BCUT2D eigenvalue weighted by molar-refractivity contribution is 5.82. The summed E-state index contributed by atoms with van der Waals surface area (Å²) in [6, 6.07) is 15.0. The van der Waals surface area contributed by atoms with Gasteiger partial charge in [0.1, 0.15) is 11.6 Å². The molecule has 2 fully saturated rings. The van der Waals surface area contributed by atoms with Crippen LogP contribution < -0.4 is 20.5 Å². The van der Waals surface area contributed by atoms with Gasteiger partial charge in [-0.25, -0.2) is 4.98 Å². The second-order valence-electron chi connectivity index (χ2n) is 11.5. The molecule has 5 rings (SSSR count). The molecule has 2 aliphatic heterocycles. The molecule has 1 N–H and O–H groups in total. The molecular weight excluding hydrogens is 500 g/mol.